The molecule has 0 saturated heterocycles. The van der Waals surface area contributed by atoms with E-state index in [0.717, 1.165) is 61.4 Å². The van der Waals surface area contributed by atoms with Gasteiger partial charge in [-0.05, 0) is 72.1 Å². The van der Waals surface area contributed by atoms with Gasteiger partial charge in [0.25, 0.3) is 0 Å². The van der Waals surface area contributed by atoms with Gasteiger partial charge in [-0.25, -0.2) is 0 Å². The predicted octanol–water partition coefficient (Wildman–Crippen LogP) is 11.7. The summed E-state index contributed by atoms with van der Waals surface area (Å²) >= 11 is 0. The number of para-hydroxylation sites is 4. The minimum atomic E-state index is 0.867. The van der Waals surface area contributed by atoms with Gasteiger partial charge in [0.15, 0.2) is 5.58 Å². The largest absolute Gasteiger partial charge is 0.453 e. The molecule has 0 atom stereocenters. The molecule has 0 amide bonds. The fourth-order valence-corrected chi connectivity index (χ4v) is 6.06. The molecule has 3 nitrogen and oxygen atoms in total. The van der Waals surface area contributed by atoms with E-state index in [1.165, 1.54) is 5.39 Å². The molecule has 1 heterocycles. The minimum absolute atomic E-state index is 0.867. The number of nitrogens with zero attached hydrogens (tertiary/aromatic N) is 2. The summed E-state index contributed by atoms with van der Waals surface area (Å²) in [5.74, 6) is 0. The van der Waals surface area contributed by atoms with Gasteiger partial charge in [0.2, 0.25) is 0 Å². The van der Waals surface area contributed by atoms with Crippen molar-refractivity contribution in [2.45, 2.75) is 0 Å². The second-order valence-electron chi connectivity index (χ2n) is 10.6. The van der Waals surface area contributed by atoms with Crippen molar-refractivity contribution in [3.05, 3.63) is 170 Å². The lowest BCUT2D eigenvalue weighted by atomic mass is 10.1. The fourth-order valence-electron chi connectivity index (χ4n) is 6.06. The average Bonchev–Trinajstić information content (AvgIpc) is 3.47. The molecule has 0 aliphatic heterocycles. The number of rotatable bonds is 6. The molecule has 0 radical (unpaired) electrons. The molecule has 0 spiro atoms. The van der Waals surface area contributed by atoms with E-state index in [1.807, 2.05) is 0 Å². The molecular weight excluding hydrogens is 524 g/mol. The Morgan fingerprint density at radius 1 is 0.326 bits per heavy atom. The Morgan fingerprint density at radius 2 is 0.814 bits per heavy atom. The highest BCUT2D eigenvalue weighted by molar-refractivity contribution is 6.17. The van der Waals surface area contributed by atoms with Crippen LogP contribution in [0.1, 0.15) is 0 Å². The van der Waals surface area contributed by atoms with Crippen molar-refractivity contribution in [3.63, 3.8) is 0 Å². The van der Waals surface area contributed by atoms with E-state index >= 15 is 0 Å². The standard InChI is InChI=1S/C40H28N2O/c1-4-15-30(16-5-1)41(31-17-6-2-7-18-31)33-21-12-22-34(28-33)42(32-19-8-3-9-20-32)38-25-13-24-36-37-27-26-29-14-10-11-23-35(29)39(37)43-40(36)38/h1-28H. The third-order valence-corrected chi connectivity index (χ3v) is 8.00. The fraction of sp³-hybridized carbons (Fsp3) is 0. The van der Waals surface area contributed by atoms with Crippen molar-refractivity contribution in [2.75, 3.05) is 9.80 Å². The van der Waals surface area contributed by atoms with Crippen LogP contribution in [0.5, 0.6) is 0 Å². The summed E-state index contributed by atoms with van der Waals surface area (Å²) in [6.45, 7) is 0. The lowest BCUT2D eigenvalue weighted by Gasteiger charge is -2.29. The van der Waals surface area contributed by atoms with Gasteiger partial charge in [-0.3, -0.25) is 0 Å². The van der Waals surface area contributed by atoms with E-state index in [0.29, 0.717) is 0 Å². The third kappa shape index (κ3) is 4.39. The van der Waals surface area contributed by atoms with Gasteiger partial charge in [-0.15, -0.1) is 0 Å². The van der Waals surface area contributed by atoms with Gasteiger partial charge >= 0.3 is 0 Å². The Labute approximate surface area is 250 Å². The SMILES string of the molecule is c1ccc(N(c2ccccc2)c2cccc(N(c3ccccc3)c3cccc4c3oc3c5ccccc5ccc43)c2)cc1. The zero-order valence-corrected chi connectivity index (χ0v) is 23.5. The Balaban J connectivity index is 1.35. The monoisotopic (exact) mass is 552 g/mol. The molecule has 0 fully saturated rings. The highest BCUT2D eigenvalue weighted by Crippen LogP contribution is 2.45. The number of hydrogen-bond acceptors (Lipinski definition) is 3. The van der Waals surface area contributed by atoms with Crippen molar-refractivity contribution in [1.82, 2.24) is 0 Å². The molecule has 0 aliphatic carbocycles. The highest BCUT2D eigenvalue weighted by Gasteiger charge is 2.21. The molecule has 0 aliphatic rings. The summed E-state index contributed by atoms with van der Waals surface area (Å²) in [6.07, 6.45) is 0. The molecule has 8 aromatic rings. The van der Waals surface area contributed by atoms with Crippen molar-refractivity contribution in [3.8, 4) is 0 Å². The first-order valence-electron chi connectivity index (χ1n) is 14.5. The number of hydrogen-bond donors (Lipinski definition) is 0. The normalized spacial score (nSPS) is 11.3. The quantitative estimate of drug-likeness (QED) is 0.205. The molecule has 0 bridgehead atoms. The minimum Gasteiger partial charge on any atom is -0.453 e. The van der Waals surface area contributed by atoms with Crippen LogP contribution in [-0.2, 0) is 0 Å². The number of benzene rings is 7. The lowest BCUT2D eigenvalue weighted by molar-refractivity contribution is 0.673. The topological polar surface area (TPSA) is 19.6 Å². The van der Waals surface area contributed by atoms with Gasteiger partial charge in [-0.2, -0.15) is 0 Å². The Morgan fingerprint density at radius 3 is 1.49 bits per heavy atom. The average molecular weight is 553 g/mol. The van der Waals surface area contributed by atoms with E-state index in [2.05, 4.69) is 180 Å². The van der Waals surface area contributed by atoms with Gasteiger partial charge in [0.1, 0.15) is 5.58 Å². The zero-order valence-electron chi connectivity index (χ0n) is 23.5. The van der Waals surface area contributed by atoms with Crippen LogP contribution >= 0.6 is 0 Å². The second-order valence-corrected chi connectivity index (χ2v) is 10.6. The smallest absolute Gasteiger partial charge is 0.159 e. The van der Waals surface area contributed by atoms with E-state index in [9.17, 15) is 0 Å². The summed E-state index contributed by atoms with van der Waals surface area (Å²) < 4.78 is 6.79. The second kappa shape index (κ2) is 10.6. The third-order valence-electron chi connectivity index (χ3n) is 8.00. The maximum atomic E-state index is 6.79. The molecule has 0 unspecified atom stereocenters. The molecule has 43 heavy (non-hydrogen) atoms. The van der Waals surface area contributed by atoms with Gasteiger partial charge in [0, 0.05) is 44.6 Å². The van der Waals surface area contributed by atoms with Crippen molar-refractivity contribution in [2.24, 2.45) is 0 Å². The van der Waals surface area contributed by atoms with Crippen LogP contribution in [-0.4, -0.2) is 0 Å². The molecule has 0 N–H and O–H groups in total. The van der Waals surface area contributed by atoms with E-state index in [-0.39, 0.29) is 0 Å². The van der Waals surface area contributed by atoms with Gasteiger partial charge in [0.05, 0.1) is 5.69 Å². The molecule has 204 valence electrons. The molecule has 0 saturated carbocycles. The van der Waals surface area contributed by atoms with Crippen molar-refractivity contribution >= 4 is 66.8 Å². The van der Waals surface area contributed by atoms with Crippen LogP contribution < -0.4 is 9.80 Å². The Kier molecular flexibility index (Phi) is 6.12. The number of fused-ring (bicyclic) bond motifs is 5. The molecule has 7 aromatic carbocycles. The van der Waals surface area contributed by atoms with Crippen LogP contribution in [0, 0.1) is 0 Å². The van der Waals surface area contributed by atoms with Gasteiger partial charge in [-0.1, -0.05) is 103 Å². The summed E-state index contributed by atoms with van der Waals surface area (Å²) in [4.78, 5) is 4.59. The summed E-state index contributed by atoms with van der Waals surface area (Å²) in [6, 6.07) is 59.5. The summed E-state index contributed by atoms with van der Waals surface area (Å²) in [7, 11) is 0. The maximum absolute atomic E-state index is 6.79. The summed E-state index contributed by atoms with van der Waals surface area (Å²) in [5.41, 5.74) is 8.15. The maximum Gasteiger partial charge on any atom is 0.159 e. The molecule has 3 heteroatoms. The first-order chi connectivity index (χ1) is 21.3. The van der Waals surface area contributed by atoms with Crippen LogP contribution in [0.4, 0.5) is 34.1 Å². The van der Waals surface area contributed by atoms with Gasteiger partial charge < -0.3 is 14.2 Å². The highest BCUT2D eigenvalue weighted by atomic mass is 16.3. The number of furan rings is 1. The Hall–Kier alpha value is -5.80. The van der Waals surface area contributed by atoms with Crippen LogP contribution in [0.15, 0.2) is 174 Å². The number of anilines is 6. The first kappa shape index (κ1) is 25.0. The van der Waals surface area contributed by atoms with E-state index < -0.39 is 0 Å². The van der Waals surface area contributed by atoms with Crippen molar-refractivity contribution in [1.29, 1.82) is 0 Å². The van der Waals surface area contributed by atoms with E-state index in [1.54, 1.807) is 0 Å². The first-order valence-corrected chi connectivity index (χ1v) is 14.5. The van der Waals surface area contributed by atoms with Crippen molar-refractivity contribution < 1.29 is 4.42 Å². The molecule has 8 rings (SSSR count). The molecular formula is C40H28N2O. The Bertz CT molecular complexity index is 2150. The van der Waals surface area contributed by atoms with Crippen LogP contribution in [0.3, 0.4) is 0 Å². The lowest BCUT2D eigenvalue weighted by Crippen LogP contribution is -2.13. The van der Waals surface area contributed by atoms with Crippen LogP contribution in [0.25, 0.3) is 32.7 Å². The van der Waals surface area contributed by atoms with E-state index in [4.69, 9.17) is 4.42 Å². The zero-order chi connectivity index (χ0) is 28.6. The van der Waals surface area contributed by atoms with Crippen LogP contribution in [0.2, 0.25) is 0 Å². The predicted molar refractivity (Wildman–Crippen MR) is 181 cm³/mol. The molecule has 1 aromatic heterocycles. The summed E-state index contributed by atoms with van der Waals surface area (Å²) in [5, 5.41) is 4.52.